The molecule has 1 rings (SSSR count). The van der Waals surface area contributed by atoms with Crippen LogP contribution in [0.2, 0.25) is 0 Å². The van der Waals surface area contributed by atoms with Gasteiger partial charge in [0.15, 0.2) is 0 Å². The van der Waals surface area contributed by atoms with Gasteiger partial charge in [-0.25, -0.2) is 0 Å². The Morgan fingerprint density at radius 3 is 2.69 bits per heavy atom. The molecule has 92 valence electrons. The maximum Gasteiger partial charge on any atom is 0.0803 e. The van der Waals surface area contributed by atoms with Gasteiger partial charge in [0.2, 0.25) is 0 Å². The van der Waals surface area contributed by atoms with Crippen LogP contribution in [0.5, 0.6) is 0 Å². The molecule has 0 saturated carbocycles. The first kappa shape index (κ1) is 13.7. The minimum atomic E-state index is -0.0854. The van der Waals surface area contributed by atoms with Crippen LogP contribution in [0.3, 0.4) is 0 Å². The Labute approximate surface area is 103 Å². The van der Waals surface area contributed by atoms with E-state index in [4.69, 9.17) is 4.74 Å². The van der Waals surface area contributed by atoms with E-state index in [1.54, 1.807) is 11.3 Å². The van der Waals surface area contributed by atoms with Crippen LogP contribution in [0.1, 0.15) is 32.8 Å². The topological polar surface area (TPSA) is 21.3 Å². The van der Waals surface area contributed by atoms with Crippen LogP contribution < -0.4 is 5.32 Å². The number of methoxy groups -OCH3 is 1. The molecule has 0 amide bonds. The molecule has 0 aromatic carbocycles. The molecule has 0 saturated heterocycles. The maximum atomic E-state index is 5.69. The molecule has 0 radical (unpaired) electrons. The van der Waals surface area contributed by atoms with Gasteiger partial charge in [-0.3, -0.25) is 0 Å². The molecule has 2 atom stereocenters. The third kappa shape index (κ3) is 3.30. The number of thiophene rings is 1. The van der Waals surface area contributed by atoms with Gasteiger partial charge in [-0.05, 0) is 48.7 Å². The van der Waals surface area contributed by atoms with Gasteiger partial charge in [-0.15, -0.1) is 0 Å². The Balaban J connectivity index is 2.73. The molecule has 1 aromatic heterocycles. The molecule has 0 spiro atoms. The average molecular weight is 241 g/mol. The van der Waals surface area contributed by atoms with Gasteiger partial charge in [0.1, 0.15) is 0 Å². The fourth-order valence-electron chi connectivity index (χ4n) is 1.93. The van der Waals surface area contributed by atoms with Crippen molar-refractivity contribution < 1.29 is 4.74 Å². The van der Waals surface area contributed by atoms with E-state index in [1.165, 1.54) is 5.56 Å². The lowest BCUT2D eigenvalue weighted by molar-refractivity contribution is -0.0283. The molecular formula is C13H23NOS. The lowest BCUT2D eigenvalue weighted by atomic mass is 9.89. The summed E-state index contributed by atoms with van der Waals surface area (Å²) < 4.78 is 5.69. The van der Waals surface area contributed by atoms with Crippen molar-refractivity contribution in [2.45, 2.75) is 45.3 Å². The Morgan fingerprint density at radius 2 is 2.25 bits per heavy atom. The molecule has 0 aliphatic carbocycles. The number of rotatable bonds is 7. The Morgan fingerprint density at radius 1 is 1.50 bits per heavy atom. The molecule has 1 aromatic rings. The van der Waals surface area contributed by atoms with Gasteiger partial charge in [0.05, 0.1) is 5.60 Å². The fraction of sp³-hybridized carbons (Fsp3) is 0.692. The number of hydrogen-bond donors (Lipinski definition) is 1. The summed E-state index contributed by atoms with van der Waals surface area (Å²) in [7, 11) is 1.81. The third-order valence-corrected chi connectivity index (χ3v) is 4.11. The van der Waals surface area contributed by atoms with Crippen molar-refractivity contribution in [3.63, 3.8) is 0 Å². The molecule has 0 aliphatic heterocycles. The summed E-state index contributed by atoms with van der Waals surface area (Å²) in [6.45, 7) is 7.49. The van der Waals surface area contributed by atoms with Crippen LogP contribution in [0, 0.1) is 0 Å². The minimum absolute atomic E-state index is 0.0854. The Kier molecular flexibility index (Phi) is 5.46. The zero-order valence-electron chi connectivity index (χ0n) is 10.7. The molecule has 1 heterocycles. The van der Waals surface area contributed by atoms with Crippen molar-refractivity contribution in [3.8, 4) is 0 Å². The van der Waals surface area contributed by atoms with Gasteiger partial charge in [0, 0.05) is 13.2 Å². The number of ether oxygens (including phenoxy) is 1. The van der Waals surface area contributed by atoms with Crippen molar-refractivity contribution in [1.82, 2.24) is 5.32 Å². The molecule has 0 fully saturated rings. The second-order valence-corrected chi connectivity index (χ2v) is 5.10. The Bertz CT molecular complexity index is 280. The van der Waals surface area contributed by atoms with Crippen molar-refractivity contribution in [3.05, 3.63) is 22.4 Å². The van der Waals surface area contributed by atoms with Gasteiger partial charge in [-0.1, -0.05) is 13.8 Å². The first-order valence-corrected chi connectivity index (χ1v) is 6.90. The highest BCUT2D eigenvalue weighted by Gasteiger charge is 2.31. The van der Waals surface area contributed by atoms with Crippen LogP contribution in [0.4, 0.5) is 0 Å². The second kappa shape index (κ2) is 6.38. The molecule has 3 heteroatoms. The number of nitrogens with one attached hydrogen (secondary N) is 1. The normalized spacial score (nSPS) is 17.0. The quantitative estimate of drug-likeness (QED) is 0.792. The van der Waals surface area contributed by atoms with Crippen molar-refractivity contribution in [1.29, 1.82) is 0 Å². The smallest absolute Gasteiger partial charge is 0.0803 e. The monoisotopic (exact) mass is 241 g/mol. The zero-order chi connectivity index (χ0) is 12.0. The first-order chi connectivity index (χ1) is 7.66. The molecule has 2 nitrogen and oxygen atoms in total. The molecule has 0 bridgehead atoms. The predicted molar refractivity (Wildman–Crippen MR) is 71.2 cm³/mol. The van der Waals surface area contributed by atoms with E-state index in [2.05, 4.69) is 42.9 Å². The molecule has 1 N–H and O–H groups in total. The lowest BCUT2D eigenvalue weighted by Gasteiger charge is -2.36. The highest BCUT2D eigenvalue weighted by molar-refractivity contribution is 7.07. The Hall–Kier alpha value is -0.380. The predicted octanol–water partition coefficient (Wildman–Crippen LogP) is 3.08. The van der Waals surface area contributed by atoms with E-state index in [9.17, 15) is 0 Å². The van der Waals surface area contributed by atoms with E-state index < -0.39 is 0 Å². The summed E-state index contributed by atoms with van der Waals surface area (Å²) in [4.78, 5) is 0. The summed E-state index contributed by atoms with van der Waals surface area (Å²) in [5, 5.41) is 7.89. The van der Waals surface area contributed by atoms with Crippen LogP contribution in [-0.4, -0.2) is 25.3 Å². The minimum Gasteiger partial charge on any atom is -0.377 e. The van der Waals surface area contributed by atoms with Gasteiger partial charge in [-0.2, -0.15) is 11.3 Å². The lowest BCUT2D eigenvalue weighted by Crippen LogP contribution is -2.51. The van der Waals surface area contributed by atoms with Crippen LogP contribution in [-0.2, 0) is 11.2 Å². The number of hydrogen-bond acceptors (Lipinski definition) is 3. The van der Waals surface area contributed by atoms with Crippen LogP contribution in [0.15, 0.2) is 16.8 Å². The fourth-order valence-corrected chi connectivity index (χ4v) is 2.61. The van der Waals surface area contributed by atoms with E-state index in [-0.39, 0.29) is 5.60 Å². The van der Waals surface area contributed by atoms with E-state index in [1.807, 2.05) is 7.11 Å². The maximum absolute atomic E-state index is 5.69. The van der Waals surface area contributed by atoms with Crippen molar-refractivity contribution >= 4 is 11.3 Å². The molecular weight excluding hydrogens is 218 g/mol. The third-order valence-electron chi connectivity index (χ3n) is 3.38. The van der Waals surface area contributed by atoms with Crippen LogP contribution in [0.25, 0.3) is 0 Å². The van der Waals surface area contributed by atoms with Gasteiger partial charge < -0.3 is 10.1 Å². The highest BCUT2D eigenvalue weighted by atomic mass is 32.1. The average Bonchev–Trinajstić information content (AvgIpc) is 2.80. The molecule has 2 unspecified atom stereocenters. The summed E-state index contributed by atoms with van der Waals surface area (Å²) in [6.07, 6.45) is 2.06. The van der Waals surface area contributed by atoms with Crippen molar-refractivity contribution in [2.24, 2.45) is 0 Å². The SMILES string of the molecule is CCNC(Cc1ccsc1)C(C)(CC)OC. The van der Waals surface area contributed by atoms with Crippen LogP contribution >= 0.6 is 11.3 Å². The second-order valence-electron chi connectivity index (χ2n) is 4.32. The summed E-state index contributed by atoms with van der Waals surface area (Å²) in [5.41, 5.74) is 1.31. The first-order valence-electron chi connectivity index (χ1n) is 5.95. The van der Waals surface area contributed by atoms with E-state index in [0.717, 1.165) is 19.4 Å². The summed E-state index contributed by atoms with van der Waals surface area (Å²) >= 11 is 1.76. The van der Waals surface area contributed by atoms with Gasteiger partial charge >= 0.3 is 0 Å². The standard InChI is InChI=1S/C13H23NOS/c1-5-13(3,15-4)12(14-6-2)9-11-7-8-16-10-11/h7-8,10,12,14H,5-6,9H2,1-4H3. The highest BCUT2D eigenvalue weighted by Crippen LogP contribution is 2.23. The molecule has 16 heavy (non-hydrogen) atoms. The summed E-state index contributed by atoms with van der Waals surface area (Å²) in [5.74, 6) is 0. The van der Waals surface area contributed by atoms with E-state index >= 15 is 0 Å². The van der Waals surface area contributed by atoms with Crippen molar-refractivity contribution in [2.75, 3.05) is 13.7 Å². The summed E-state index contributed by atoms with van der Waals surface area (Å²) in [6, 6.07) is 2.57. The van der Waals surface area contributed by atoms with Gasteiger partial charge in [0.25, 0.3) is 0 Å². The zero-order valence-corrected chi connectivity index (χ0v) is 11.6. The van der Waals surface area contributed by atoms with E-state index in [0.29, 0.717) is 6.04 Å². The number of likely N-dealkylation sites (N-methyl/N-ethyl adjacent to an activating group) is 1. The largest absolute Gasteiger partial charge is 0.377 e. The molecule has 0 aliphatic rings.